The fourth-order valence-electron chi connectivity index (χ4n) is 2.24. The Morgan fingerprint density at radius 3 is 2.44 bits per heavy atom. The van der Waals surface area contributed by atoms with Crippen molar-refractivity contribution in [3.8, 4) is 17.4 Å². The summed E-state index contributed by atoms with van der Waals surface area (Å²) in [6, 6.07) is 11.4. The van der Waals surface area contributed by atoms with Gasteiger partial charge in [0.05, 0.1) is 13.2 Å². The van der Waals surface area contributed by atoms with Crippen LogP contribution in [0.1, 0.15) is 32.8 Å². The normalized spacial score (nSPS) is 10.7. The van der Waals surface area contributed by atoms with E-state index in [0.29, 0.717) is 30.5 Å². The molecule has 0 spiro atoms. The van der Waals surface area contributed by atoms with E-state index < -0.39 is 0 Å². The zero-order valence-corrected chi connectivity index (χ0v) is 18.5. The Kier molecular flexibility index (Phi) is 11.2. The molecule has 0 radical (unpaired) electrons. The Labute approximate surface area is 178 Å². The number of nitrogens with one attached hydrogen (secondary N) is 2. The van der Waals surface area contributed by atoms with Crippen molar-refractivity contribution >= 4 is 29.9 Å². The monoisotopic (exact) mass is 484 g/mol. The maximum absolute atomic E-state index is 5.84. The van der Waals surface area contributed by atoms with Gasteiger partial charge >= 0.3 is 0 Å². The summed E-state index contributed by atoms with van der Waals surface area (Å²) in [7, 11) is 0. The van der Waals surface area contributed by atoms with Crippen LogP contribution in [-0.2, 0) is 6.54 Å². The third kappa shape index (κ3) is 8.03. The minimum Gasteiger partial charge on any atom is -0.490 e. The summed E-state index contributed by atoms with van der Waals surface area (Å²) in [4.78, 5) is 8.94. The first kappa shape index (κ1) is 23.0. The van der Waals surface area contributed by atoms with Crippen molar-refractivity contribution in [2.75, 3.05) is 19.7 Å². The van der Waals surface area contributed by atoms with Crippen molar-refractivity contribution in [2.45, 2.75) is 33.7 Å². The lowest BCUT2D eigenvalue weighted by Crippen LogP contribution is -2.37. The number of hydrogen-bond donors (Lipinski definition) is 2. The molecular formula is C20H29IN4O2. The maximum atomic E-state index is 5.84. The molecule has 148 valence electrons. The number of pyridine rings is 1. The number of aliphatic imine (C=N–C) groups is 1. The summed E-state index contributed by atoms with van der Waals surface area (Å²) < 4.78 is 11.4. The highest BCUT2D eigenvalue weighted by Crippen LogP contribution is 2.30. The molecule has 0 atom stereocenters. The first-order chi connectivity index (χ1) is 12.8. The molecule has 27 heavy (non-hydrogen) atoms. The summed E-state index contributed by atoms with van der Waals surface area (Å²) >= 11 is 0. The van der Waals surface area contributed by atoms with Gasteiger partial charge in [0.25, 0.3) is 0 Å². The van der Waals surface area contributed by atoms with Crippen LogP contribution in [0.4, 0.5) is 0 Å². The molecule has 2 N–H and O–H groups in total. The number of para-hydroxylation sites is 2. The summed E-state index contributed by atoms with van der Waals surface area (Å²) in [6.07, 6.45) is 2.84. The van der Waals surface area contributed by atoms with E-state index in [4.69, 9.17) is 9.47 Å². The van der Waals surface area contributed by atoms with E-state index in [1.165, 1.54) is 0 Å². The van der Waals surface area contributed by atoms with Gasteiger partial charge in [-0.3, -0.25) is 0 Å². The summed E-state index contributed by atoms with van der Waals surface area (Å²) in [6.45, 7) is 9.00. The first-order valence-corrected chi connectivity index (χ1v) is 9.13. The number of hydrogen-bond acceptors (Lipinski definition) is 4. The molecule has 0 aliphatic carbocycles. The molecular weight excluding hydrogens is 455 g/mol. The van der Waals surface area contributed by atoms with E-state index in [2.05, 4.69) is 34.5 Å². The van der Waals surface area contributed by atoms with Crippen LogP contribution < -0.4 is 20.1 Å². The zero-order valence-electron chi connectivity index (χ0n) is 16.2. The largest absolute Gasteiger partial charge is 0.490 e. The predicted octanol–water partition coefficient (Wildman–Crippen LogP) is 4.36. The molecule has 1 heterocycles. The van der Waals surface area contributed by atoms with Gasteiger partial charge in [0.15, 0.2) is 17.5 Å². The van der Waals surface area contributed by atoms with Crippen LogP contribution in [0.2, 0.25) is 0 Å². The summed E-state index contributed by atoms with van der Waals surface area (Å²) in [5.74, 6) is 2.72. The Bertz CT molecular complexity index is 693. The highest BCUT2D eigenvalue weighted by atomic mass is 127. The number of halogens is 1. The van der Waals surface area contributed by atoms with Gasteiger partial charge < -0.3 is 20.1 Å². The van der Waals surface area contributed by atoms with Crippen LogP contribution in [-0.4, -0.2) is 30.6 Å². The molecule has 1 aromatic carbocycles. The van der Waals surface area contributed by atoms with Gasteiger partial charge in [-0.25, -0.2) is 9.98 Å². The third-order valence-corrected chi connectivity index (χ3v) is 3.47. The molecule has 0 aliphatic heterocycles. The smallest absolute Gasteiger partial charge is 0.219 e. The predicted molar refractivity (Wildman–Crippen MR) is 120 cm³/mol. The van der Waals surface area contributed by atoms with E-state index in [1.54, 1.807) is 6.20 Å². The molecule has 0 unspecified atom stereocenters. The van der Waals surface area contributed by atoms with Gasteiger partial charge in [0, 0.05) is 25.4 Å². The Morgan fingerprint density at radius 2 is 1.81 bits per heavy atom. The number of rotatable bonds is 9. The first-order valence-electron chi connectivity index (χ1n) is 9.13. The van der Waals surface area contributed by atoms with E-state index in [-0.39, 0.29) is 24.0 Å². The second-order valence-corrected chi connectivity index (χ2v) is 5.61. The third-order valence-electron chi connectivity index (χ3n) is 3.47. The Balaban J connectivity index is 0.00000364. The zero-order chi connectivity index (χ0) is 18.6. The van der Waals surface area contributed by atoms with Crippen molar-refractivity contribution < 1.29 is 9.47 Å². The van der Waals surface area contributed by atoms with Crippen molar-refractivity contribution in [3.63, 3.8) is 0 Å². The molecule has 2 aromatic rings. The average molecular weight is 484 g/mol. The minimum absolute atomic E-state index is 0. The van der Waals surface area contributed by atoms with Gasteiger partial charge in [-0.15, -0.1) is 24.0 Å². The van der Waals surface area contributed by atoms with E-state index in [1.807, 2.05) is 43.3 Å². The van der Waals surface area contributed by atoms with Gasteiger partial charge in [-0.2, -0.15) is 0 Å². The van der Waals surface area contributed by atoms with Crippen LogP contribution in [0.3, 0.4) is 0 Å². The van der Waals surface area contributed by atoms with Crippen LogP contribution in [0.15, 0.2) is 47.6 Å². The molecule has 0 fully saturated rings. The highest BCUT2D eigenvalue weighted by Gasteiger charge is 2.06. The molecule has 0 amide bonds. The van der Waals surface area contributed by atoms with Crippen LogP contribution in [0.5, 0.6) is 17.4 Å². The van der Waals surface area contributed by atoms with Crippen molar-refractivity contribution in [2.24, 2.45) is 4.99 Å². The second-order valence-electron chi connectivity index (χ2n) is 5.61. The number of ether oxygens (including phenoxy) is 2. The molecule has 0 saturated heterocycles. The van der Waals surface area contributed by atoms with E-state index in [0.717, 1.165) is 31.0 Å². The second kappa shape index (κ2) is 13.2. The fraction of sp³-hybridized carbons (Fsp3) is 0.400. The average Bonchev–Trinajstić information content (AvgIpc) is 2.67. The van der Waals surface area contributed by atoms with Crippen LogP contribution >= 0.6 is 24.0 Å². The van der Waals surface area contributed by atoms with Gasteiger partial charge in [-0.1, -0.05) is 25.1 Å². The lowest BCUT2D eigenvalue weighted by molar-refractivity contribution is 0.319. The lowest BCUT2D eigenvalue weighted by Gasteiger charge is -2.11. The quantitative estimate of drug-likeness (QED) is 0.315. The molecule has 7 heteroatoms. The van der Waals surface area contributed by atoms with Crippen molar-refractivity contribution in [1.82, 2.24) is 15.6 Å². The lowest BCUT2D eigenvalue weighted by atomic mass is 10.3. The minimum atomic E-state index is 0. The Morgan fingerprint density at radius 1 is 1.04 bits per heavy atom. The SMILES string of the molecule is CCCNC(=NCc1ccc(Oc2ccccc2OCC)nc1)NCC.I. The molecule has 0 aliphatic rings. The number of nitrogens with zero attached hydrogens (tertiary/aromatic N) is 2. The van der Waals surface area contributed by atoms with Gasteiger partial charge in [0.1, 0.15) is 0 Å². The topological polar surface area (TPSA) is 67.8 Å². The highest BCUT2D eigenvalue weighted by molar-refractivity contribution is 14.0. The number of guanidine groups is 1. The maximum Gasteiger partial charge on any atom is 0.219 e. The number of aromatic nitrogens is 1. The van der Waals surface area contributed by atoms with Crippen LogP contribution in [0.25, 0.3) is 0 Å². The summed E-state index contributed by atoms with van der Waals surface area (Å²) in [5.41, 5.74) is 1.02. The van der Waals surface area contributed by atoms with Crippen molar-refractivity contribution in [1.29, 1.82) is 0 Å². The molecule has 6 nitrogen and oxygen atoms in total. The van der Waals surface area contributed by atoms with E-state index in [9.17, 15) is 0 Å². The molecule has 2 rings (SSSR count). The van der Waals surface area contributed by atoms with E-state index >= 15 is 0 Å². The van der Waals surface area contributed by atoms with Gasteiger partial charge in [0.2, 0.25) is 5.88 Å². The number of benzene rings is 1. The fourth-order valence-corrected chi connectivity index (χ4v) is 2.24. The summed E-state index contributed by atoms with van der Waals surface area (Å²) in [5, 5.41) is 6.51. The standard InChI is InChI=1S/C20H28N4O2.HI/c1-4-13-22-20(21-5-2)24-15-16-11-12-19(23-14-16)26-18-10-8-7-9-17(18)25-6-3;/h7-12,14H,4-6,13,15H2,1-3H3,(H2,21,22,24);1H. The molecule has 0 bridgehead atoms. The Hall–Kier alpha value is -2.03. The van der Waals surface area contributed by atoms with Crippen molar-refractivity contribution in [3.05, 3.63) is 48.2 Å². The van der Waals surface area contributed by atoms with Gasteiger partial charge in [-0.05, 0) is 38.0 Å². The molecule has 1 aromatic heterocycles. The molecule has 0 saturated carbocycles. The van der Waals surface area contributed by atoms with Crippen LogP contribution in [0, 0.1) is 0 Å².